The van der Waals surface area contributed by atoms with E-state index in [1.165, 1.54) is 0 Å². The van der Waals surface area contributed by atoms with Gasteiger partial charge >= 0.3 is 0 Å². The molecule has 1 aromatic rings. The number of piperidine rings is 1. The Hall–Kier alpha value is -1.88. The normalized spacial score (nSPS) is 24.7. The van der Waals surface area contributed by atoms with E-state index in [1.807, 2.05) is 30.3 Å². The number of carbonyl (C=O) groups excluding carboxylic acids is 2. The van der Waals surface area contributed by atoms with E-state index in [-0.39, 0.29) is 24.0 Å². The van der Waals surface area contributed by atoms with Crippen LogP contribution in [0.25, 0.3) is 0 Å². The first-order valence-corrected chi connectivity index (χ1v) is 8.40. The molecule has 2 saturated heterocycles. The van der Waals surface area contributed by atoms with Crippen LogP contribution < -0.4 is 4.90 Å². The lowest BCUT2D eigenvalue weighted by Crippen LogP contribution is -2.53. The molecule has 0 bridgehead atoms. The van der Waals surface area contributed by atoms with E-state index in [9.17, 15) is 9.59 Å². The van der Waals surface area contributed by atoms with Gasteiger partial charge in [-0.05, 0) is 37.8 Å². The van der Waals surface area contributed by atoms with Gasteiger partial charge in [0.05, 0.1) is 12.5 Å². The van der Waals surface area contributed by atoms with Crippen molar-refractivity contribution in [3.63, 3.8) is 0 Å². The molecule has 124 valence electrons. The number of benzene rings is 1. The maximum atomic E-state index is 12.8. The number of amides is 2. The standard InChI is InChI=1S/C18H24N2O3/c1-19(17(21)13-15-9-6-12-23-15)16-10-5-11-20(18(16)22)14-7-3-2-4-8-14/h2-4,7-8,15-16H,5-6,9-13H2,1H3/t15-,16+/m0/s1. The van der Waals surface area contributed by atoms with Crippen molar-refractivity contribution in [2.75, 3.05) is 25.1 Å². The SMILES string of the molecule is CN(C(=O)C[C@@H]1CCCO1)[C@@H]1CCCN(c2ccccc2)C1=O. The summed E-state index contributed by atoms with van der Waals surface area (Å²) >= 11 is 0. The highest BCUT2D eigenvalue weighted by molar-refractivity contribution is 5.99. The lowest BCUT2D eigenvalue weighted by atomic mass is 10.0. The molecular weight excluding hydrogens is 292 g/mol. The Balaban J connectivity index is 1.66. The molecule has 0 aliphatic carbocycles. The largest absolute Gasteiger partial charge is 0.378 e. The predicted molar refractivity (Wildman–Crippen MR) is 88.2 cm³/mol. The first-order valence-electron chi connectivity index (χ1n) is 8.40. The van der Waals surface area contributed by atoms with Gasteiger partial charge in [0, 0.05) is 25.9 Å². The van der Waals surface area contributed by atoms with Crippen LogP contribution in [0, 0.1) is 0 Å². The van der Waals surface area contributed by atoms with Gasteiger partial charge in [-0.15, -0.1) is 0 Å². The van der Waals surface area contributed by atoms with Gasteiger partial charge in [0.15, 0.2) is 0 Å². The van der Waals surface area contributed by atoms with Crippen LogP contribution >= 0.6 is 0 Å². The monoisotopic (exact) mass is 316 g/mol. The van der Waals surface area contributed by atoms with Crippen LogP contribution in [0.15, 0.2) is 30.3 Å². The van der Waals surface area contributed by atoms with Crippen molar-refractivity contribution in [1.29, 1.82) is 0 Å². The fraction of sp³-hybridized carbons (Fsp3) is 0.556. The second kappa shape index (κ2) is 7.13. The molecule has 5 heteroatoms. The fourth-order valence-corrected chi connectivity index (χ4v) is 3.40. The summed E-state index contributed by atoms with van der Waals surface area (Å²) in [5.74, 6) is 0.0239. The Kier molecular flexibility index (Phi) is 4.96. The van der Waals surface area contributed by atoms with E-state index in [0.29, 0.717) is 13.0 Å². The first-order chi connectivity index (χ1) is 11.2. The maximum absolute atomic E-state index is 12.8. The van der Waals surface area contributed by atoms with E-state index in [2.05, 4.69) is 0 Å². The molecule has 0 radical (unpaired) electrons. The van der Waals surface area contributed by atoms with Gasteiger partial charge < -0.3 is 14.5 Å². The van der Waals surface area contributed by atoms with Gasteiger partial charge in [0.1, 0.15) is 6.04 Å². The van der Waals surface area contributed by atoms with Crippen molar-refractivity contribution in [2.24, 2.45) is 0 Å². The smallest absolute Gasteiger partial charge is 0.249 e. The van der Waals surface area contributed by atoms with Gasteiger partial charge in [-0.2, -0.15) is 0 Å². The van der Waals surface area contributed by atoms with E-state index >= 15 is 0 Å². The number of hydrogen-bond donors (Lipinski definition) is 0. The van der Waals surface area contributed by atoms with Gasteiger partial charge in [-0.3, -0.25) is 9.59 Å². The second-order valence-corrected chi connectivity index (χ2v) is 6.33. The second-order valence-electron chi connectivity index (χ2n) is 6.33. The molecule has 0 aromatic heterocycles. The number of likely N-dealkylation sites (N-methyl/N-ethyl adjacent to an activating group) is 1. The Labute approximate surface area is 137 Å². The number of carbonyl (C=O) groups is 2. The summed E-state index contributed by atoms with van der Waals surface area (Å²) in [5.41, 5.74) is 0.905. The zero-order chi connectivity index (χ0) is 16.2. The van der Waals surface area contributed by atoms with Crippen molar-refractivity contribution in [3.05, 3.63) is 30.3 Å². The van der Waals surface area contributed by atoms with Crippen LogP contribution in [0.3, 0.4) is 0 Å². The van der Waals surface area contributed by atoms with Gasteiger partial charge in [0.2, 0.25) is 11.8 Å². The Morgan fingerprint density at radius 3 is 2.74 bits per heavy atom. The van der Waals surface area contributed by atoms with Gasteiger partial charge in [0.25, 0.3) is 0 Å². The quantitative estimate of drug-likeness (QED) is 0.856. The summed E-state index contributed by atoms with van der Waals surface area (Å²) in [6, 6.07) is 9.31. The van der Waals surface area contributed by atoms with Crippen LogP contribution in [0.1, 0.15) is 32.1 Å². The number of nitrogens with zero attached hydrogens (tertiary/aromatic N) is 2. The third-order valence-electron chi connectivity index (χ3n) is 4.77. The molecular formula is C18H24N2O3. The summed E-state index contributed by atoms with van der Waals surface area (Å²) in [6.07, 6.45) is 4.00. The molecule has 0 spiro atoms. The molecule has 2 fully saturated rings. The highest BCUT2D eigenvalue weighted by Crippen LogP contribution is 2.24. The van der Waals surface area contributed by atoms with Crippen molar-refractivity contribution < 1.29 is 14.3 Å². The lowest BCUT2D eigenvalue weighted by molar-refractivity contribution is -0.140. The lowest BCUT2D eigenvalue weighted by Gasteiger charge is -2.37. The molecule has 0 saturated carbocycles. The summed E-state index contributed by atoms with van der Waals surface area (Å²) in [5, 5.41) is 0. The zero-order valence-electron chi connectivity index (χ0n) is 13.6. The van der Waals surface area contributed by atoms with E-state index in [4.69, 9.17) is 4.74 Å². The third-order valence-corrected chi connectivity index (χ3v) is 4.77. The molecule has 0 N–H and O–H groups in total. The summed E-state index contributed by atoms with van der Waals surface area (Å²) in [7, 11) is 1.74. The maximum Gasteiger partial charge on any atom is 0.249 e. The summed E-state index contributed by atoms with van der Waals surface area (Å²) in [6.45, 7) is 1.46. The Morgan fingerprint density at radius 1 is 1.26 bits per heavy atom. The van der Waals surface area contributed by atoms with E-state index < -0.39 is 0 Å². The number of para-hydroxylation sites is 1. The summed E-state index contributed by atoms with van der Waals surface area (Å²) in [4.78, 5) is 28.7. The predicted octanol–water partition coefficient (Wildman–Crippen LogP) is 2.21. The number of anilines is 1. The van der Waals surface area contributed by atoms with Crippen molar-refractivity contribution in [2.45, 2.75) is 44.2 Å². The molecule has 5 nitrogen and oxygen atoms in total. The number of ether oxygens (including phenoxy) is 1. The minimum atomic E-state index is -0.363. The van der Waals surface area contributed by atoms with Crippen molar-refractivity contribution >= 4 is 17.5 Å². The number of rotatable bonds is 4. The molecule has 2 aliphatic rings. The fourth-order valence-electron chi connectivity index (χ4n) is 3.40. The highest BCUT2D eigenvalue weighted by atomic mass is 16.5. The Bertz CT molecular complexity index is 555. The third kappa shape index (κ3) is 3.55. The average molecular weight is 316 g/mol. The molecule has 3 rings (SSSR count). The molecule has 2 heterocycles. The van der Waals surface area contributed by atoms with Crippen molar-refractivity contribution in [1.82, 2.24) is 4.90 Å². The molecule has 2 amide bonds. The van der Waals surface area contributed by atoms with Crippen LogP contribution in [0.2, 0.25) is 0 Å². The highest BCUT2D eigenvalue weighted by Gasteiger charge is 2.35. The zero-order valence-corrected chi connectivity index (χ0v) is 13.6. The minimum absolute atomic E-state index is 0.00478. The van der Waals surface area contributed by atoms with Crippen molar-refractivity contribution in [3.8, 4) is 0 Å². The van der Waals surface area contributed by atoms with Crippen LogP contribution in [0.4, 0.5) is 5.69 Å². The van der Waals surface area contributed by atoms with E-state index in [0.717, 1.165) is 38.0 Å². The van der Waals surface area contributed by atoms with E-state index in [1.54, 1.807) is 16.8 Å². The molecule has 23 heavy (non-hydrogen) atoms. The average Bonchev–Trinajstić information content (AvgIpc) is 3.08. The topological polar surface area (TPSA) is 49.9 Å². The molecule has 2 aliphatic heterocycles. The van der Waals surface area contributed by atoms with Crippen LogP contribution in [-0.2, 0) is 14.3 Å². The molecule has 2 atom stereocenters. The molecule has 0 unspecified atom stereocenters. The minimum Gasteiger partial charge on any atom is -0.378 e. The molecule has 1 aromatic carbocycles. The van der Waals surface area contributed by atoms with Gasteiger partial charge in [-0.25, -0.2) is 0 Å². The first kappa shape index (κ1) is 16.0. The van der Waals surface area contributed by atoms with Crippen LogP contribution in [0.5, 0.6) is 0 Å². The number of hydrogen-bond acceptors (Lipinski definition) is 3. The van der Waals surface area contributed by atoms with Crippen LogP contribution in [-0.4, -0.2) is 49.1 Å². The Morgan fingerprint density at radius 2 is 2.04 bits per heavy atom. The van der Waals surface area contributed by atoms with Gasteiger partial charge in [-0.1, -0.05) is 18.2 Å². The summed E-state index contributed by atoms with van der Waals surface area (Å²) < 4.78 is 5.54.